The first kappa shape index (κ1) is 21.1. The lowest BCUT2D eigenvalue weighted by Crippen LogP contribution is -2.17. The summed E-state index contributed by atoms with van der Waals surface area (Å²) in [4.78, 5) is 18.1. The molecular formula is C23H25ClN6O. The maximum Gasteiger partial charge on any atom is 0.257 e. The zero-order valence-electron chi connectivity index (χ0n) is 18.0. The number of amides is 1. The summed E-state index contributed by atoms with van der Waals surface area (Å²) in [6, 6.07) is 11.4. The second-order valence-electron chi connectivity index (χ2n) is 8.09. The van der Waals surface area contributed by atoms with Crippen LogP contribution in [0.3, 0.4) is 0 Å². The number of pyridine rings is 1. The van der Waals surface area contributed by atoms with Gasteiger partial charge in [-0.05, 0) is 37.5 Å². The fraction of sp³-hybridized carbons (Fsp3) is 0.304. The lowest BCUT2D eigenvalue weighted by molar-refractivity contribution is 0.102. The van der Waals surface area contributed by atoms with Crippen molar-refractivity contribution < 1.29 is 4.79 Å². The summed E-state index contributed by atoms with van der Waals surface area (Å²) in [7, 11) is 0. The number of nitrogens with one attached hydrogen (secondary N) is 1. The minimum absolute atomic E-state index is 0.139. The van der Waals surface area contributed by atoms with Crippen molar-refractivity contribution in [3.63, 3.8) is 0 Å². The van der Waals surface area contributed by atoms with Crippen molar-refractivity contribution in [2.75, 3.05) is 5.32 Å². The monoisotopic (exact) mass is 436 g/mol. The zero-order chi connectivity index (χ0) is 22.1. The van der Waals surface area contributed by atoms with Gasteiger partial charge in [0, 0.05) is 22.8 Å². The van der Waals surface area contributed by atoms with Crippen LogP contribution >= 0.6 is 11.6 Å². The van der Waals surface area contributed by atoms with E-state index in [2.05, 4.69) is 29.4 Å². The van der Waals surface area contributed by atoms with Crippen LogP contribution in [0.4, 0.5) is 5.82 Å². The summed E-state index contributed by atoms with van der Waals surface area (Å²) in [5.41, 5.74) is 3.04. The molecule has 0 unspecified atom stereocenters. The van der Waals surface area contributed by atoms with E-state index in [0.29, 0.717) is 22.9 Å². The molecule has 8 heteroatoms. The number of hydrogen-bond acceptors (Lipinski definition) is 4. The van der Waals surface area contributed by atoms with E-state index in [1.54, 1.807) is 23.1 Å². The van der Waals surface area contributed by atoms with E-state index in [1.165, 1.54) is 0 Å². The van der Waals surface area contributed by atoms with Crippen LogP contribution in [0.1, 0.15) is 61.3 Å². The number of anilines is 1. The standard InChI is InChI=1S/C23H25ClN6O/c1-14(2)20-11-17(18-12-26-30(15(3)4)22(18)27-20)23(31)28-21-9-10-25-29(21)13-16-7-5-6-8-19(16)24/h5-12,14-15H,13H2,1-4H3,(H,28,31). The SMILES string of the molecule is CC(C)c1cc(C(=O)Nc2ccnn2Cc2ccccc2Cl)c2cnn(C(C)C)c2n1. The Morgan fingerprint density at radius 1 is 1.13 bits per heavy atom. The van der Waals surface area contributed by atoms with Crippen molar-refractivity contribution in [2.24, 2.45) is 0 Å². The summed E-state index contributed by atoms with van der Waals surface area (Å²) < 4.78 is 3.57. The highest BCUT2D eigenvalue weighted by atomic mass is 35.5. The second-order valence-corrected chi connectivity index (χ2v) is 8.50. The van der Waals surface area contributed by atoms with Crippen LogP contribution in [0.15, 0.2) is 48.8 Å². The lowest BCUT2D eigenvalue weighted by Gasteiger charge is -2.13. The van der Waals surface area contributed by atoms with Gasteiger partial charge in [-0.25, -0.2) is 14.3 Å². The van der Waals surface area contributed by atoms with Gasteiger partial charge in [0.05, 0.1) is 29.9 Å². The van der Waals surface area contributed by atoms with Gasteiger partial charge in [0.25, 0.3) is 5.91 Å². The highest BCUT2D eigenvalue weighted by molar-refractivity contribution is 6.31. The summed E-state index contributed by atoms with van der Waals surface area (Å²) in [5, 5.41) is 13.2. The Bertz CT molecular complexity index is 1240. The number of benzene rings is 1. The molecule has 0 spiro atoms. The molecule has 0 aliphatic heterocycles. The van der Waals surface area contributed by atoms with Crippen molar-refractivity contribution in [1.29, 1.82) is 0 Å². The molecule has 1 N–H and O–H groups in total. The van der Waals surface area contributed by atoms with E-state index in [4.69, 9.17) is 16.6 Å². The van der Waals surface area contributed by atoms with Gasteiger partial charge < -0.3 is 5.32 Å². The van der Waals surface area contributed by atoms with Crippen molar-refractivity contribution in [3.8, 4) is 0 Å². The van der Waals surface area contributed by atoms with Crippen molar-refractivity contribution >= 4 is 34.4 Å². The van der Waals surface area contributed by atoms with Crippen LogP contribution < -0.4 is 5.32 Å². The fourth-order valence-corrected chi connectivity index (χ4v) is 3.63. The molecule has 160 valence electrons. The second kappa shape index (κ2) is 8.51. The Kier molecular flexibility index (Phi) is 5.78. The molecule has 0 radical (unpaired) electrons. The number of hydrogen-bond donors (Lipinski definition) is 1. The van der Waals surface area contributed by atoms with Gasteiger partial charge in [-0.2, -0.15) is 10.2 Å². The topological polar surface area (TPSA) is 77.6 Å². The molecule has 0 atom stereocenters. The summed E-state index contributed by atoms with van der Waals surface area (Å²) in [6.07, 6.45) is 3.37. The number of fused-ring (bicyclic) bond motifs is 1. The number of nitrogens with zero attached hydrogens (tertiary/aromatic N) is 5. The van der Waals surface area contributed by atoms with Crippen LogP contribution in [0, 0.1) is 0 Å². The molecule has 3 aromatic heterocycles. The van der Waals surface area contributed by atoms with Gasteiger partial charge in [-0.3, -0.25) is 4.79 Å². The number of halogens is 1. The number of aromatic nitrogens is 5. The maximum absolute atomic E-state index is 13.3. The first-order chi connectivity index (χ1) is 14.8. The summed E-state index contributed by atoms with van der Waals surface area (Å²) >= 11 is 6.29. The van der Waals surface area contributed by atoms with Gasteiger partial charge in [-0.15, -0.1) is 0 Å². The smallest absolute Gasteiger partial charge is 0.257 e. The average molecular weight is 437 g/mol. The molecule has 0 saturated heterocycles. The van der Waals surface area contributed by atoms with Gasteiger partial charge in [0.15, 0.2) is 5.65 Å². The fourth-order valence-electron chi connectivity index (χ4n) is 3.44. The maximum atomic E-state index is 13.3. The van der Waals surface area contributed by atoms with E-state index in [1.807, 2.05) is 48.9 Å². The first-order valence-corrected chi connectivity index (χ1v) is 10.7. The molecular weight excluding hydrogens is 412 g/mol. The number of carbonyl (C=O) groups excluding carboxylic acids is 1. The highest BCUT2D eigenvalue weighted by Crippen LogP contribution is 2.25. The van der Waals surface area contributed by atoms with E-state index in [9.17, 15) is 4.79 Å². The third kappa shape index (κ3) is 4.18. The Labute approximate surface area is 186 Å². The molecule has 1 aromatic carbocycles. The predicted octanol–water partition coefficient (Wildman–Crippen LogP) is 5.29. The Morgan fingerprint density at radius 2 is 1.90 bits per heavy atom. The van der Waals surface area contributed by atoms with Crippen LogP contribution in [0.25, 0.3) is 11.0 Å². The van der Waals surface area contributed by atoms with Crippen LogP contribution in [0.5, 0.6) is 0 Å². The van der Waals surface area contributed by atoms with E-state index in [-0.39, 0.29) is 17.9 Å². The number of carbonyl (C=O) groups is 1. The lowest BCUT2D eigenvalue weighted by atomic mass is 10.0. The molecule has 0 aliphatic carbocycles. The van der Waals surface area contributed by atoms with Gasteiger partial charge >= 0.3 is 0 Å². The first-order valence-electron chi connectivity index (χ1n) is 10.3. The molecule has 1 amide bonds. The molecule has 0 bridgehead atoms. The largest absolute Gasteiger partial charge is 0.307 e. The van der Waals surface area contributed by atoms with Crippen molar-refractivity contribution in [1.82, 2.24) is 24.5 Å². The van der Waals surface area contributed by atoms with Gasteiger partial charge in [0.2, 0.25) is 0 Å². The Balaban J connectivity index is 1.69. The molecule has 0 fully saturated rings. The summed E-state index contributed by atoms with van der Waals surface area (Å²) in [6.45, 7) is 8.66. The average Bonchev–Trinajstić information content (AvgIpc) is 3.35. The third-order valence-electron chi connectivity index (χ3n) is 5.15. The Morgan fingerprint density at radius 3 is 2.61 bits per heavy atom. The normalized spacial score (nSPS) is 11.6. The third-order valence-corrected chi connectivity index (χ3v) is 5.52. The number of rotatable bonds is 6. The van der Waals surface area contributed by atoms with Crippen molar-refractivity contribution in [3.05, 3.63) is 70.6 Å². The van der Waals surface area contributed by atoms with Gasteiger partial charge in [-0.1, -0.05) is 43.6 Å². The molecule has 31 heavy (non-hydrogen) atoms. The molecule has 3 heterocycles. The highest BCUT2D eigenvalue weighted by Gasteiger charge is 2.20. The Hall–Kier alpha value is -3.19. The molecule has 4 rings (SSSR count). The summed E-state index contributed by atoms with van der Waals surface area (Å²) in [5.74, 6) is 0.549. The van der Waals surface area contributed by atoms with Gasteiger partial charge in [0.1, 0.15) is 5.82 Å². The zero-order valence-corrected chi connectivity index (χ0v) is 18.8. The van der Waals surface area contributed by atoms with E-state index in [0.717, 1.165) is 22.3 Å². The van der Waals surface area contributed by atoms with E-state index < -0.39 is 0 Å². The molecule has 0 saturated carbocycles. The minimum atomic E-state index is -0.224. The minimum Gasteiger partial charge on any atom is -0.307 e. The predicted molar refractivity (Wildman–Crippen MR) is 123 cm³/mol. The molecule has 0 aliphatic rings. The van der Waals surface area contributed by atoms with E-state index >= 15 is 0 Å². The van der Waals surface area contributed by atoms with Crippen LogP contribution in [-0.4, -0.2) is 30.5 Å². The molecule has 4 aromatic rings. The molecule has 7 nitrogen and oxygen atoms in total. The quantitative estimate of drug-likeness (QED) is 0.445. The van der Waals surface area contributed by atoms with Crippen LogP contribution in [0.2, 0.25) is 5.02 Å². The van der Waals surface area contributed by atoms with Crippen molar-refractivity contribution in [2.45, 2.75) is 46.2 Å². The van der Waals surface area contributed by atoms with Crippen LogP contribution in [-0.2, 0) is 6.54 Å².